The van der Waals surface area contributed by atoms with Crippen molar-refractivity contribution in [3.05, 3.63) is 71.8 Å². The molecule has 2 aromatic carbocycles. The summed E-state index contributed by atoms with van der Waals surface area (Å²) in [6.45, 7) is 10.00. The number of piperidine rings is 1. The molecule has 3 rings (SSSR count). The van der Waals surface area contributed by atoms with Crippen molar-refractivity contribution in [3.63, 3.8) is 0 Å². The maximum atomic E-state index is 8.93. The van der Waals surface area contributed by atoms with Crippen LogP contribution in [0.4, 0.5) is 0 Å². The van der Waals surface area contributed by atoms with Gasteiger partial charge in [0.2, 0.25) is 0 Å². The molecule has 0 radical (unpaired) electrons. The van der Waals surface area contributed by atoms with Gasteiger partial charge >= 0.3 is 0 Å². The van der Waals surface area contributed by atoms with Crippen LogP contribution in [0.15, 0.2) is 60.7 Å². The van der Waals surface area contributed by atoms with Gasteiger partial charge in [-0.3, -0.25) is 4.90 Å². The van der Waals surface area contributed by atoms with Crippen LogP contribution in [0.1, 0.15) is 45.2 Å². The van der Waals surface area contributed by atoms with E-state index in [2.05, 4.69) is 93.3 Å². The molecule has 0 saturated carbocycles. The second kappa shape index (κ2) is 6.76. The molecule has 1 heterocycles. The highest BCUT2D eigenvalue weighted by Crippen LogP contribution is 2.41. The first-order valence-corrected chi connectivity index (χ1v) is 9.25. The van der Waals surface area contributed by atoms with Crippen LogP contribution >= 0.6 is 0 Å². The molecule has 1 aliphatic heterocycles. The van der Waals surface area contributed by atoms with Crippen LogP contribution in [0, 0.1) is 11.3 Å². The van der Waals surface area contributed by atoms with Gasteiger partial charge in [-0.15, -0.1) is 0 Å². The topological polar surface area (TPSA) is 27.1 Å². The van der Waals surface area contributed by atoms with Crippen molar-refractivity contribution in [1.29, 1.82) is 5.41 Å². The largest absolute Gasteiger partial charge is 0.307 e. The molecule has 25 heavy (non-hydrogen) atoms. The molecule has 2 aromatic rings. The fraction of sp³-hybridized carbons (Fsp3) is 0.435. The minimum Gasteiger partial charge on any atom is -0.307 e. The molecule has 1 fully saturated rings. The summed E-state index contributed by atoms with van der Waals surface area (Å²) in [7, 11) is 0. The summed E-state index contributed by atoms with van der Waals surface area (Å²) in [4.78, 5) is 2.51. The average Bonchev–Trinajstić information content (AvgIpc) is 2.59. The Morgan fingerprint density at radius 3 is 1.96 bits per heavy atom. The van der Waals surface area contributed by atoms with Crippen LogP contribution in [-0.2, 0) is 13.0 Å². The average molecular weight is 335 g/mol. The van der Waals surface area contributed by atoms with E-state index in [1.807, 2.05) is 0 Å². The van der Waals surface area contributed by atoms with Crippen LogP contribution < -0.4 is 0 Å². The van der Waals surface area contributed by atoms with Gasteiger partial charge in [0.15, 0.2) is 0 Å². The number of hydrogen-bond acceptors (Lipinski definition) is 2. The molecule has 1 aliphatic rings. The standard InChI is InChI=1S/C23H30N2/c1-22(2)16-20(15-18-11-7-5-8-12-18)21(24)23(3,4)25(22)17-19-13-9-6-10-14-19/h5-14,20,24H,15-17H2,1-4H3. The smallest absolute Gasteiger partial charge is 0.0541 e. The third-order valence-electron chi connectivity index (χ3n) is 5.73. The van der Waals surface area contributed by atoms with E-state index in [9.17, 15) is 0 Å². The molecule has 1 unspecified atom stereocenters. The van der Waals surface area contributed by atoms with E-state index in [1.165, 1.54) is 11.1 Å². The van der Waals surface area contributed by atoms with Gasteiger partial charge in [-0.25, -0.2) is 0 Å². The Morgan fingerprint density at radius 2 is 1.40 bits per heavy atom. The summed E-state index contributed by atoms with van der Waals surface area (Å²) >= 11 is 0. The third-order valence-corrected chi connectivity index (χ3v) is 5.73. The lowest BCUT2D eigenvalue weighted by atomic mass is 9.70. The Morgan fingerprint density at radius 1 is 0.880 bits per heavy atom. The Hall–Kier alpha value is -1.93. The van der Waals surface area contributed by atoms with Crippen molar-refractivity contribution in [2.45, 2.75) is 58.2 Å². The van der Waals surface area contributed by atoms with Gasteiger partial charge in [-0.2, -0.15) is 0 Å². The molecule has 0 bridgehead atoms. The van der Waals surface area contributed by atoms with Crippen molar-refractivity contribution in [1.82, 2.24) is 4.90 Å². The lowest BCUT2D eigenvalue weighted by Crippen LogP contribution is -2.65. The first-order chi connectivity index (χ1) is 11.8. The number of hydrogen-bond donors (Lipinski definition) is 1. The molecule has 0 amide bonds. The molecule has 1 saturated heterocycles. The van der Waals surface area contributed by atoms with E-state index >= 15 is 0 Å². The number of benzene rings is 2. The second-order valence-electron chi connectivity index (χ2n) is 8.45. The minimum atomic E-state index is -0.239. The third kappa shape index (κ3) is 3.69. The monoisotopic (exact) mass is 334 g/mol. The van der Waals surface area contributed by atoms with E-state index in [1.54, 1.807) is 0 Å². The van der Waals surface area contributed by atoms with E-state index in [4.69, 9.17) is 5.41 Å². The number of nitrogens with zero attached hydrogens (tertiary/aromatic N) is 1. The Labute approximate surface area is 152 Å². The van der Waals surface area contributed by atoms with Crippen LogP contribution in [0.25, 0.3) is 0 Å². The highest BCUT2D eigenvalue weighted by atomic mass is 15.3. The molecule has 1 atom stereocenters. The molecule has 1 N–H and O–H groups in total. The quantitative estimate of drug-likeness (QED) is 0.804. The maximum Gasteiger partial charge on any atom is 0.0541 e. The van der Waals surface area contributed by atoms with Crippen LogP contribution in [-0.4, -0.2) is 21.7 Å². The molecular weight excluding hydrogens is 304 g/mol. The molecule has 132 valence electrons. The highest BCUT2D eigenvalue weighted by molar-refractivity contribution is 5.93. The first kappa shape index (κ1) is 17.9. The molecule has 2 heteroatoms. The molecule has 0 aliphatic carbocycles. The Kier molecular flexibility index (Phi) is 4.83. The lowest BCUT2D eigenvalue weighted by molar-refractivity contribution is 0.00974. The van der Waals surface area contributed by atoms with Gasteiger partial charge in [-0.1, -0.05) is 60.7 Å². The summed E-state index contributed by atoms with van der Waals surface area (Å²) in [5.41, 5.74) is 3.34. The summed E-state index contributed by atoms with van der Waals surface area (Å²) < 4.78 is 0. The first-order valence-electron chi connectivity index (χ1n) is 9.25. The Bertz CT molecular complexity index is 716. The van der Waals surface area contributed by atoms with Gasteiger partial charge in [0.1, 0.15) is 0 Å². The summed E-state index contributed by atoms with van der Waals surface area (Å²) in [6, 6.07) is 21.3. The zero-order chi connectivity index (χ0) is 18.1. The van der Waals surface area contributed by atoms with E-state index in [0.29, 0.717) is 5.92 Å². The van der Waals surface area contributed by atoms with Crippen molar-refractivity contribution in [3.8, 4) is 0 Å². The van der Waals surface area contributed by atoms with Crippen LogP contribution in [0.3, 0.4) is 0 Å². The zero-order valence-electron chi connectivity index (χ0n) is 15.9. The molecule has 2 nitrogen and oxygen atoms in total. The zero-order valence-corrected chi connectivity index (χ0v) is 15.9. The van der Waals surface area contributed by atoms with E-state index in [-0.39, 0.29) is 11.1 Å². The minimum absolute atomic E-state index is 0.0589. The van der Waals surface area contributed by atoms with E-state index < -0.39 is 0 Å². The number of likely N-dealkylation sites (tertiary alicyclic amines) is 1. The van der Waals surface area contributed by atoms with Gasteiger partial charge in [0.25, 0.3) is 0 Å². The predicted octanol–water partition coefficient (Wildman–Crippen LogP) is 5.33. The van der Waals surface area contributed by atoms with Crippen molar-refractivity contribution >= 4 is 5.71 Å². The van der Waals surface area contributed by atoms with Crippen molar-refractivity contribution < 1.29 is 0 Å². The molecule has 0 spiro atoms. The van der Waals surface area contributed by atoms with E-state index in [0.717, 1.165) is 25.1 Å². The van der Waals surface area contributed by atoms with Gasteiger partial charge in [0.05, 0.1) is 5.54 Å². The molecular formula is C23H30N2. The summed E-state index contributed by atoms with van der Waals surface area (Å²) in [6.07, 6.45) is 1.99. The highest BCUT2D eigenvalue weighted by Gasteiger charge is 2.48. The van der Waals surface area contributed by atoms with Crippen molar-refractivity contribution in [2.75, 3.05) is 0 Å². The fourth-order valence-corrected chi connectivity index (χ4v) is 4.47. The maximum absolute atomic E-state index is 8.93. The molecule has 0 aromatic heterocycles. The number of nitrogens with one attached hydrogen (secondary N) is 1. The van der Waals surface area contributed by atoms with Gasteiger partial charge < -0.3 is 5.41 Å². The predicted molar refractivity (Wildman–Crippen MR) is 106 cm³/mol. The fourth-order valence-electron chi connectivity index (χ4n) is 4.47. The normalized spacial score (nSPS) is 22.7. The summed E-state index contributed by atoms with van der Waals surface area (Å²) in [5.74, 6) is 0.305. The Balaban J connectivity index is 1.85. The van der Waals surface area contributed by atoms with Crippen LogP contribution in [0.2, 0.25) is 0 Å². The van der Waals surface area contributed by atoms with Crippen LogP contribution in [0.5, 0.6) is 0 Å². The lowest BCUT2D eigenvalue weighted by Gasteiger charge is -2.56. The second-order valence-corrected chi connectivity index (χ2v) is 8.45. The SMILES string of the molecule is CC1(C)CC(Cc2ccccc2)C(=N)C(C)(C)N1Cc1ccccc1. The van der Waals surface area contributed by atoms with Crippen molar-refractivity contribution in [2.24, 2.45) is 5.92 Å². The van der Waals surface area contributed by atoms with Gasteiger partial charge in [0, 0.05) is 23.7 Å². The number of rotatable bonds is 4. The van der Waals surface area contributed by atoms with Gasteiger partial charge in [-0.05, 0) is 51.7 Å². The summed E-state index contributed by atoms with van der Waals surface area (Å²) in [5, 5.41) is 8.93.